The average molecular weight is 393 g/mol. The first kappa shape index (κ1) is 19.6. The Morgan fingerprint density at radius 2 is 1.93 bits per heavy atom. The molecule has 2 aliphatic heterocycles. The van der Waals surface area contributed by atoms with Gasteiger partial charge in [-0.05, 0) is 36.3 Å². The van der Waals surface area contributed by atoms with Crippen molar-refractivity contribution in [1.82, 2.24) is 19.8 Å². The highest BCUT2D eigenvalue weighted by molar-refractivity contribution is 5.93. The zero-order valence-electron chi connectivity index (χ0n) is 17.2. The van der Waals surface area contributed by atoms with Crippen LogP contribution in [-0.4, -0.2) is 51.2 Å². The fourth-order valence-corrected chi connectivity index (χ4v) is 4.53. The van der Waals surface area contributed by atoms with E-state index in [0.29, 0.717) is 31.2 Å². The van der Waals surface area contributed by atoms with Crippen LogP contribution in [0.25, 0.3) is 0 Å². The van der Waals surface area contributed by atoms with Gasteiger partial charge in [0.15, 0.2) is 0 Å². The topological polar surface area (TPSA) is 66.4 Å². The van der Waals surface area contributed by atoms with Crippen molar-refractivity contribution >= 4 is 11.8 Å². The van der Waals surface area contributed by atoms with E-state index < -0.39 is 5.41 Å². The summed E-state index contributed by atoms with van der Waals surface area (Å²) in [6, 6.07) is 8.56. The van der Waals surface area contributed by atoms with Gasteiger partial charge < -0.3 is 9.80 Å². The number of nitrogens with zero attached hydrogens (tertiary/aromatic N) is 4. The van der Waals surface area contributed by atoms with E-state index in [2.05, 4.69) is 48.1 Å². The molecule has 0 N–H and O–H groups in total. The third-order valence-corrected chi connectivity index (χ3v) is 6.27. The van der Waals surface area contributed by atoms with Gasteiger partial charge in [0.1, 0.15) is 5.69 Å². The molecule has 1 atom stereocenters. The maximum absolute atomic E-state index is 13.4. The molecule has 1 unspecified atom stereocenters. The van der Waals surface area contributed by atoms with Crippen LogP contribution in [0.1, 0.15) is 60.6 Å². The molecule has 6 heteroatoms. The number of carbonyl (C=O) groups is 2. The molecule has 0 saturated carbocycles. The van der Waals surface area contributed by atoms with Crippen molar-refractivity contribution in [3.8, 4) is 0 Å². The number of amides is 2. The fourth-order valence-electron chi connectivity index (χ4n) is 4.53. The highest BCUT2D eigenvalue weighted by Crippen LogP contribution is 2.40. The number of benzene rings is 1. The van der Waals surface area contributed by atoms with E-state index in [1.54, 1.807) is 11.1 Å². The predicted octanol–water partition coefficient (Wildman–Crippen LogP) is 3.25. The number of carbonyl (C=O) groups excluding carboxylic acids is 2. The molecule has 29 heavy (non-hydrogen) atoms. The third-order valence-electron chi connectivity index (χ3n) is 6.27. The Labute approximate surface area is 172 Å². The fraction of sp³-hybridized carbons (Fsp3) is 0.478. The van der Waals surface area contributed by atoms with Gasteiger partial charge in [0.05, 0.1) is 11.6 Å². The number of rotatable bonds is 4. The molecule has 3 heterocycles. The third kappa shape index (κ3) is 3.88. The predicted molar refractivity (Wildman–Crippen MR) is 110 cm³/mol. The number of hydrogen-bond acceptors (Lipinski definition) is 4. The second kappa shape index (κ2) is 7.93. The van der Waals surface area contributed by atoms with Crippen molar-refractivity contribution in [3.05, 3.63) is 59.7 Å². The summed E-state index contributed by atoms with van der Waals surface area (Å²) in [7, 11) is 0. The lowest BCUT2D eigenvalue weighted by Crippen LogP contribution is -2.50. The molecular weight excluding hydrogens is 364 g/mol. The molecule has 152 valence electrons. The maximum atomic E-state index is 13.4. The Bertz CT molecular complexity index is 882. The Balaban J connectivity index is 1.45. The van der Waals surface area contributed by atoms with E-state index in [1.807, 2.05) is 4.90 Å². The second-order valence-corrected chi connectivity index (χ2v) is 8.57. The van der Waals surface area contributed by atoms with Gasteiger partial charge in [-0.3, -0.25) is 14.6 Å². The summed E-state index contributed by atoms with van der Waals surface area (Å²) in [4.78, 5) is 38.0. The molecule has 2 aliphatic rings. The first-order chi connectivity index (χ1) is 14.0. The Morgan fingerprint density at radius 3 is 2.62 bits per heavy atom. The van der Waals surface area contributed by atoms with Crippen LogP contribution in [0.2, 0.25) is 0 Å². The highest BCUT2D eigenvalue weighted by atomic mass is 16.2. The lowest BCUT2D eigenvalue weighted by molar-refractivity contribution is -0.146. The van der Waals surface area contributed by atoms with Gasteiger partial charge in [-0.15, -0.1) is 0 Å². The smallest absolute Gasteiger partial charge is 0.274 e. The second-order valence-electron chi connectivity index (χ2n) is 8.57. The van der Waals surface area contributed by atoms with Crippen molar-refractivity contribution in [2.45, 2.75) is 45.6 Å². The number of likely N-dealkylation sites (tertiary alicyclic amines) is 2. The molecule has 0 radical (unpaired) electrons. The number of hydrogen-bond donors (Lipinski definition) is 0. The zero-order valence-corrected chi connectivity index (χ0v) is 17.2. The Morgan fingerprint density at radius 1 is 1.14 bits per heavy atom. The summed E-state index contributed by atoms with van der Waals surface area (Å²) in [5.74, 6) is 0.551. The van der Waals surface area contributed by atoms with Crippen LogP contribution in [0, 0.1) is 5.41 Å². The van der Waals surface area contributed by atoms with E-state index in [-0.39, 0.29) is 11.8 Å². The molecule has 0 aliphatic carbocycles. The van der Waals surface area contributed by atoms with Crippen LogP contribution in [0.5, 0.6) is 0 Å². The van der Waals surface area contributed by atoms with Gasteiger partial charge >= 0.3 is 0 Å². The molecule has 2 fully saturated rings. The molecule has 6 nitrogen and oxygen atoms in total. The first-order valence-electron chi connectivity index (χ1n) is 10.4. The molecule has 1 spiro atoms. The minimum atomic E-state index is -0.450. The minimum Gasteiger partial charge on any atom is -0.338 e. The van der Waals surface area contributed by atoms with Crippen LogP contribution in [0.4, 0.5) is 0 Å². The monoisotopic (exact) mass is 392 g/mol. The van der Waals surface area contributed by atoms with Crippen LogP contribution in [0.3, 0.4) is 0 Å². The highest BCUT2D eigenvalue weighted by Gasteiger charge is 2.49. The van der Waals surface area contributed by atoms with Crippen molar-refractivity contribution in [2.75, 3.05) is 19.6 Å². The number of aromatic nitrogens is 2. The summed E-state index contributed by atoms with van der Waals surface area (Å²) in [6.45, 7) is 6.85. The molecule has 4 rings (SSSR count). The Hall–Kier alpha value is -2.76. The summed E-state index contributed by atoms with van der Waals surface area (Å²) >= 11 is 0. The van der Waals surface area contributed by atoms with Gasteiger partial charge in [-0.1, -0.05) is 38.1 Å². The molecule has 1 aromatic carbocycles. The van der Waals surface area contributed by atoms with E-state index in [9.17, 15) is 9.59 Å². The van der Waals surface area contributed by atoms with Crippen molar-refractivity contribution < 1.29 is 9.59 Å². The van der Waals surface area contributed by atoms with Crippen LogP contribution < -0.4 is 0 Å². The summed E-state index contributed by atoms with van der Waals surface area (Å²) < 4.78 is 0. The summed E-state index contributed by atoms with van der Waals surface area (Å²) in [6.07, 6.45) is 7.11. The van der Waals surface area contributed by atoms with E-state index in [0.717, 1.165) is 31.4 Å². The molecular formula is C23H28N4O2. The standard InChI is InChI=1S/C23H28N4O2/c1-17(2)19-6-4-18(5-7-19)15-26-12-3-8-23(22(26)29)9-13-27(16-23)21(28)20-14-24-10-11-25-20/h4-7,10-11,14,17H,3,8-9,12-13,15-16H2,1-2H3. The van der Waals surface area contributed by atoms with Gasteiger partial charge in [-0.2, -0.15) is 0 Å². The minimum absolute atomic E-state index is 0.135. The largest absolute Gasteiger partial charge is 0.338 e. The van der Waals surface area contributed by atoms with Crippen molar-refractivity contribution in [2.24, 2.45) is 5.41 Å². The van der Waals surface area contributed by atoms with Crippen LogP contribution in [0.15, 0.2) is 42.9 Å². The van der Waals surface area contributed by atoms with Gasteiger partial charge in [0, 0.05) is 38.6 Å². The lowest BCUT2D eigenvalue weighted by Gasteiger charge is -2.39. The van der Waals surface area contributed by atoms with E-state index in [1.165, 1.54) is 18.0 Å². The van der Waals surface area contributed by atoms with Gasteiger partial charge in [-0.25, -0.2) is 4.98 Å². The SMILES string of the molecule is CC(C)c1ccc(CN2CCCC3(CCN(C(=O)c4cnccn4)C3)C2=O)cc1. The zero-order chi connectivity index (χ0) is 20.4. The van der Waals surface area contributed by atoms with Crippen molar-refractivity contribution in [1.29, 1.82) is 0 Å². The van der Waals surface area contributed by atoms with E-state index >= 15 is 0 Å². The molecule has 2 amide bonds. The molecule has 2 aromatic rings. The summed E-state index contributed by atoms with van der Waals surface area (Å²) in [5, 5.41) is 0. The molecule has 1 aromatic heterocycles. The van der Waals surface area contributed by atoms with Crippen LogP contribution >= 0.6 is 0 Å². The molecule has 0 bridgehead atoms. The quantitative estimate of drug-likeness (QED) is 0.801. The van der Waals surface area contributed by atoms with Crippen molar-refractivity contribution in [3.63, 3.8) is 0 Å². The maximum Gasteiger partial charge on any atom is 0.274 e. The molecule has 2 saturated heterocycles. The average Bonchev–Trinajstić information content (AvgIpc) is 3.17. The van der Waals surface area contributed by atoms with Crippen LogP contribution in [-0.2, 0) is 11.3 Å². The van der Waals surface area contributed by atoms with Gasteiger partial charge in [0.2, 0.25) is 5.91 Å². The number of piperidine rings is 1. The first-order valence-corrected chi connectivity index (χ1v) is 10.4. The van der Waals surface area contributed by atoms with E-state index in [4.69, 9.17) is 0 Å². The lowest BCUT2D eigenvalue weighted by atomic mass is 9.78. The normalized spacial score (nSPS) is 22.0. The Kier molecular flexibility index (Phi) is 5.35. The van der Waals surface area contributed by atoms with Gasteiger partial charge in [0.25, 0.3) is 5.91 Å². The summed E-state index contributed by atoms with van der Waals surface area (Å²) in [5.41, 5.74) is 2.36.